The molecule has 0 saturated carbocycles. The lowest BCUT2D eigenvalue weighted by Crippen LogP contribution is -2.29. The van der Waals surface area contributed by atoms with Gasteiger partial charge in [0.25, 0.3) is 11.5 Å². The Morgan fingerprint density at radius 2 is 1.30 bits per heavy atom. The molecule has 0 unspecified atom stereocenters. The van der Waals surface area contributed by atoms with Crippen LogP contribution in [0.1, 0.15) is 88.7 Å². The minimum absolute atomic E-state index is 0.122. The number of fused-ring (bicyclic) bond motifs is 3. The van der Waals surface area contributed by atoms with E-state index in [1.54, 1.807) is 29.1 Å². The number of aryl methyl sites for hydroxylation is 4. The van der Waals surface area contributed by atoms with Crippen LogP contribution in [0.25, 0.3) is 33.5 Å². The van der Waals surface area contributed by atoms with Crippen molar-refractivity contribution in [2.24, 2.45) is 5.73 Å². The van der Waals surface area contributed by atoms with Gasteiger partial charge in [-0.2, -0.15) is 5.10 Å². The Labute approximate surface area is 397 Å². The van der Waals surface area contributed by atoms with Crippen LogP contribution in [0.5, 0.6) is 5.88 Å². The highest BCUT2D eigenvalue weighted by Gasteiger charge is 2.21. The summed E-state index contributed by atoms with van der Waals surface area (Å²) in [5.74, 6) is 1.68. The number of aliphatic hydroxyl groups is 1. The van der Waals surface area contributed by atoms with Crippen molar-refractivity contribution >= 4 is 70.8 Å². The highest BCUT2D eigenvalue weighted by atomic mass is 128. The summed E-state index contributed by atoms with van der Waals surface area (Å²) in [4.78, 5) is 45.2. The van der Waals surface area contributed by atoms with E-state index in [0.29, 0.717) is 51.4 Å². The van der Waals surface area contributed by atoms with Gasteiger partial charge in [-0.05, 0) is 154 Å². The average Bonchev–Trinajstić information content (AvgIpc) is 3.91. The molecule has 1 amide bonds. The van der Waals surface area contributed by atoms with Crippen LogP contribution < -0.4 is 21.8 Å². The quantitative estimate of drug-likeness (QED) is 0.0984. The number of likely N-dealkylation sites (tertiary alicyclic amines) is 2. The first-order valence-electron chi connectivity index (χ1n) is 21.2. The van der Waals surface area contributed by atoms with Crippen LogP contribution >= 0.6 is 37.2 Å². The standard InChI is InChI=1S/C22H24N6O.C13H19N3O.C9H11N3O.C2H6O.I2/c1-13-12-28-20(14(2)23-13)11-19(26-28)21-24-18-5-4-16(10-17(18)22(29)25-21)15-6-8-27(3)9-7-15;1-16-6-4-9(5-7-16)10-2-3-12(14)11(8-10)13(15)17;1-6-5-12-8(7(2)10-6)4-9(11-12)13-3;1-2-3;1-2/h4-5,10-12,15H,6-9H2,1-3H3,(H,24,25,29);2-3,8-9H,4-7,14H2,1H3,(H2,15,17);4-5H,1-3H3;3H,2H2,1H3;. The van der Waals surface area contributed by atoms with Gasteiger partial charge in [-0.15, -0.1) is 5.10 Å². The molecule has 6 N–H and O–H groups in total. The Hall–Kier alpha value is -4.77. The van der Waals surface area contributed by atoms with Crippen molar-refractivity contribution in [3.05, 3.63) is 111 Å². The molecule has 7 heterocycles. The zero-order chi connectivity index (χ0) is 46.7. The fourth-order valence-corrected chi connectivity index (χ4v) is 8.03. The summed E-state index contributed by atoms with van der Waals surface area (Å²) in [7, 11) is 5.90. The number of hydrogen-bond acceptors (Lipinski definition) is 12. The summed E-state index contributed by atoms with van der Waals surface area (Å²) in [5.41, 5.74) is 21.2. The molecule has 5 aromatic heterocycles. The zero-order valence-corrected chi connectivity index (χ0v) is 42.2. The van der Waals surface area contributed by atoms with Crippen molar-refractivity contribution in [1.29, 1.82) is 0 Å². The molecule has 2 fully saturated rings. The summed E-state index contributed by atoms with van der Waals surface area (Å²) in [6.07, 6.45) is 8.25. The van der Waals surface area contributed by atoms with Gasteiger partial charge in [0.05, 0.1) is 69.8 Å². The Morgan fingerprint density at radius 3 is 1.83 bits per heavy atom. The Kier molecular flexibility index (Phi) is 18.4. The number of hydrogen-bond donors (Lipinski definition) is 4. The van der Waals surface area contributed by atoms with Crippen molar-refractivity contribution < 1.29 is 14.6 Å². The van der Waals surface area contributed by atoms with Crippen LogP contribution in [0.3, 0.4) is 0 Å². The largest absolute Gasteiger partial charge is 0.480 e. The number of H-pyrrole nitrogens is 1. The maximum atomic E-state index is 12.8. The van der Waals surface area contributed by atoms with E-state index in [1.807, 2.05) is 76.5 Å². The number of nitrogens with one attached hydrogen (secondary N) is 1. The average molecular weight is 1100 g/mol. The van der Waals surface area contributed by atoms with Gasteiger partial charge in [0.1, 0.15) is 5.69 Å². The van der Waals surface area contributed by atoms with Gasteiger partial charge < -0.3 is 36.1 Å². The fraction of sp³-hybridized carbons (Fsp3) is 0.413. The normalized spacial score (nSPS) is 14.7. The van der Waals surface area contributed by atoms with E-state index in [4.69, 9.17) is 26.3 Å². The number of aromatic nitrogens is 8. The number of rotatable bonds is 5. The number of anilines is 1. The number of benzene rings is 2. The first-order chi connectivity index (χ1) is 30.7. The number of nitrogens with zero attached hydrogens (tertiary/aromatic N) is 9. The third-order valence-corrected chi connectivity index (χ3v) is 11.4. The third kappa shape index (κ3) is 12.7. The SMILES string of the molecule is CCO.CN1CCC(c2ccc(N)c(C(N)=O)c2)CC1.COc1cc2c(C)nc(C)cn2n1.Cc1cn2nc(-c3nc4ccc(C5CCN(C)CC5)cc4c(=O)[nH]3)cc2c(C)n1.II. The molecule has 18 heteroatoms. The maximum absolute atomic E-state index is 12.8. The van der Waals surface area contributed by atoms with Gasteiger partial charge in [0.15, 0.2) is 5.82 Å². The number of aliphatic hydroxyl groups excluding tert-OH is 1. The minimum atomic E-state index is -0.447. The number of piperidine rings is 2. The van der Waals surface area contributed by atoms with Crippen molar-refractivity contribution in [2.75, 3.05) is 59.7 Å². The van der Waals surface area contributed by atoms with E-state index in [1.165, 1.54) is 11.1 Å². The summed E-state index contributed by atoms with van der Waals surface area (Å²) in [5, 5.41) is 17.0. The number of methoxy groups -OCH3 is 1. The molecule has 9 rings (SSSR count). The van der Waals surface area contributed by atoms with Gasteiger partial charge in [0, 0.05) is 55.6 Å². The highest BCUT2D eigenvalue weighted by molar-refractivity contribution is 15.0. The lowest BCUT2D eigenvalue weighted by atomic mass is 9.88. The van der Waals surface area contributed by atoms with Gasteiger partial charge in [0.2, 0.25) is 5.88 Å². The molecule has 0 atom stereocenters. The van der Waals surface area contributed by atoms with Crippen LogP contribution in [-0.2, 0) is 0 Å². The number of aromatic amines is 1. The first-order valence-corrected chi connectivity index (χ1v) is 27.5. The zero-order valence-electron chi connectivity index (χ0n) is 37.9. The van der Waals surface area contributed by atoms with Crippen molar-refractivity contribution in [1.82, 2.24) is 49.0 Å². The predicted octanol–water partition coefficient (Wildman–Crippen LogP) is 7.36. The van der Waals surface area contributed by atoms with E-state index in [0.717, 1.165) is 85.7 Å². The van der Waals surface area contributed by atoms with Crippen LogP contribution in [0.15, 0.2) is 65.7 Å². The number of ether oxygens (including phenoxy) is 1. The van der Waals surface area contributed by atoms with Gasteiger partial charge in [-0.25, -0.2) is 14.0 Å². The maximum Gasteiger partial charge on any atom is 0.259 e. The number of carbonyl (C=O) groups is 1. The molecule has 16 nitrogen and oxygen atoms in total. The Morgan fingerprint density at radius 1 is 0.797 bits per heavy atom. The molecule has 2 saturated heterocycles. The second-order valence-electron chi connectivity index (χ2n) is 16.2. The Bertz CT molecular complexity index is 2720. The smallest absolute Gasteiger partial charge is 0.259 e. The Balaban J connectivity index is 0.000000187. The van der Waals surface area contributed by atoms with Crippen LogP contribution in [-0.4, -0.2) is 114 Å². The third-order valence-electron chi connectivity index (χ3n) is 11.4. The monoisotopic (exact) mass is 1100 g/mol. The molecule has 0 radical (unpaired) electrons. The lowest BCUT2D eigenvalue weighted by molar-refractivity contribution is 0.100. The van der Waals surface area contributed by atoms with Crippen LogP contribution in [0.2, 0.25) is 0 Å². The number of amides is 1. The van der Waals surface area contributed by atoms with E-state index in [2.05, 4.69) is 92.3 Å². The summed E-state index contributed by atoms with van der Waals surface area (Å²) in [6.45, 7) is 14.1. The molecule has 7 aromatic rings. The molecule has 342 valence electrons. The van der Waals surface area contributed by atoms with E-state index in [9.17, 15) is 9.59 Å². The summed E-state index contributed by atoms with van der Waals surface area (Å²) < 4.78 is 8.61. The molecule has 2 aliphatic rings. The highest BCUT2D eigenvalue weighted by Crippen LogP contribution is 2.31. The number of carbonyl (C=O) groups excluding carboxylic acids is 1. The minimum Gasteiger partial charge on any atom is -0.480 e. The van der Waals surface area contributed by atoms with Crippen molar-refractivity contribution in [3.8, 4) is 17.4 Å². The van der Waals surface area contributed by atoms with E-state index in [-0.39, 0.29) is 12.2 Å². The molecule has 0 aliphatic carbocycles. The number of halogens is 2. The predicted molar refractivity (Wildman–Crippen MR) is 272 cm³/mol. The number of nitrogens with two attached hydrogens (primary N) is 2. The molecule has 64 heavy (non-hydrogen) atoms. The molecule has 2 aliphatic heterocycles. The number of nitrogen functional groups attached to an aromatic ring is 1. The van der Waals surface area contributed by atoms with Gasteiger partial charge in [-0.1, -0.05) is 12.1 Å². The second-order valence-corrected chi connectivity index (χ2v) is 16.2. The van der Waals surface area contributed by atoms with E-state index < -0.39 is 5.91 Å². The second kappa shape index (κ2) is 23.4. The van der Waals surface area contributed by atoms with E-state index >= 15 is 0 Å². The fourth-order valence-electron chi connectivity index (χ4n) is 8.03. The van der Waals surface area contributed by atoms with Gasteiger partial charge in [-0.3, -0.25) is 19.6 Å². The topological polar surface area (TPSA) is 211 Å². The summed E-state index contributed by atoms with van der Waals surface area (Å²) >= 11 is 4.24. The van der Waals surface area contributed by atoms with Crippen LogP contribution in [0.4, 0.5) is 5.69 Å². The molecule has 0 spiro atoms. The van der Waals surface area contributed by atoms with Gasteiger partial charge >= 0.3 is 0 Å². The van der Waals surface area contributed by atoms with Crippen molar-refractivity contribution in [3.63, 3.8) is 0 Å². The molecular formula is C46H60I2N12O4. The molecule has 0 bridgehead atoms. The lowest BCUT2D eigenvalue weighted by Gasteiger charge is -2.29. The molecule has 2 aromatic carbocycles. The van der Waals surface area contributed by atoms with Crippen molar-refractivity contribution in [2.45, 2.75) is 72.1 Å². The molecular weight excluding hydrogens is 1040 g/mol. The summed E-state index contributed by atoms with van der Waals surface area (Å²) in [6, 6.07) is 15.5. The number of primary amides is 1. The first kappa shape index (κ1) is 50.2. The van der Waals surface area contributed by atoms with Crippen LogP contribution in [0, 0.1) is 27.7 Å².